The van der Waals surface area contributed by atoms with Crippen LogP contribution in [0.5, 0.6) is 0 Å². The van der Waals surface area contributed by atoms with Crippen LogP contribution < -0.4 is 16.2 Å². The van der Waals surface area contributed by atoms with E-state index in [4.69, 9.17) is 0 Å². The molecule has 6 rings (SSSR count). The monoisotopic (exact) mass is 539 g/mol. The molecule has 3 aliphatic rings. The Kier molecular flexibility index (Phi) is 7.31. The SMILES string of the molecule is N#CB1Cc2cc(CNC(=O)C3CCc4cnc(NCC5(Cc6ccccc6)CCCCC5)c(=O)n43)sc2C1. The Hall–Kier alpha value is -3.38. The molecule has 9 heteroatoms. The quantitative estimate of drug-likeness (QED) is 0.412. The van der Waals surface area contributed by atoms with Crippen LogP contribution >= 0.6 is 11.3 Å². The second kappa shape index (κ2) is 11.0. The zero-order chi connectivity index (χ0) is 26.8. The number of hydrogen-bond acceptors (Lipinski definition) is 6. The highest BCUT2D eigenvalue weighted by molar-refractivity contribution is 7.12. The molecule has 0 saturated heterocycles. The van der Waals surface area contributed by atoms with Gasteiger partial charge < -0.3 is 10.6 Å². The Morgan fingerprint density at radius 3 is 2.79 bits per heavy atom. The molecule has 1 saturated carbocycles. The number of carbonyl (C=O) groups is 1. The van der Waals surface area contributed by atoms with Gasteiger partial charge in [-0.05, 0) is 67.4 Å². The van der Waals surface area contributed by atoms with Crippen LogP contribution in [-0.2, 0) is 36.8 Å². The van der Waals surface area contributed by atoms with E-state index in [0.29, 0.717) is 31.7 Å². The molecule has 1 atom stereocenters. The van der Waals surface area contributed by atoms with Crippen LogP contribution in [0.4, 0.5) is 5.82 Å². The fraction of sp³-hybridized carbons (Fsp3) is 0.467. The summed E-state index contributed by atoms with van der Waals surface area (Å²) in [6, 6.07) is 12.2. The van der Waals surface area contributed by atoms with Crippen molar-refractivity contribution in [3.8, 4) is 5.97 Å². The molecule has 200 valence electrons. The molecule has 3 aromatic rings. The predicted molar refractivity (Wildman–Crippen MR) is 155 cm³/mol. The largest absolute Gasteiger partial charge is 0.365 e. The van der Waals surface area contributed by atoms with Crippen molar-refractivity contribution >= 4 is 29.8 Å². The summed E-state index contributed by atoms with van der Waals surface area (Å²) in [7, 11) is 0. The Labute approximate surface area is 233 Å². The molecule has 0 radical (unpaired) electrons. The van der Waals surface area contributed by atoms with Gasteiger partial charge in [-0.25, -0.2) is 10.2 Å². The maximum absolute atomic E-state index is 13.6. The summed E-state index contributed by atoms with van der Waals surface area (Å²) in [6.45, 7) is 1.24. The van der Waals surface area contributed by atoms with Gasteiger partial charge >= 0.3 is 0 Å². The molecule has 1 amide bonds. The number of amides is 1. The zero-order valence-electron chi connectivity index (χ0n) is 22.2. The van der Waals surface area contributed by atoms with Crippen LogP contribution in [0.1, 0.15) is 71.1 Å². The average molecular weight is 540 g/mol. The van der Waals surface area contributed by atoms with Crippen molar-refractivity contribution < 1.29 is 4.79 Å². The van der Waals surface area contributed by atoms with E-state index in [9.17, 15) is 14.9 Å². The molecule has 2 aromatic heterocycles. The third kappa shape index (κ3) is 5.40. The third-order valence-electron chi connectivity index (χ3n) is 8.79. The Bertz CT molecular complexity index is 1430. The van der Waals surface area contributed by atoms with E-state index in [0.717, 1.165) is 42.5 Å². The van der Waals surface area contributed by atoms with E-state index < -0.39 is 6.04 Å². The smallest absolute Gasteiger partial charge is 0.294 e. The van der Waals surface area contributed by atoms with Crippen molar-refractivity contribution in [1.29, 1.82) is 5.26 Å². The van der Waals surface area contributed by atoms with Crippen LogP contribution in [0.2, 0.25) is 0 Å². The number of thiophene rings is 1. The minimum absolute atomic E-state index is 0.0829. The van der Waals surface area contributed by atoms with Crippen molar-refractivity contribution in [3.05, 3.63) is 79.5 Å². The lowest BCUT2D eigenvalue weighted by molar-refractivity contribution is -0.124. The number of hydrogen-bond donors (Lipinski definition) is 2. The highest BCUT2D eigenvalue weighted by Crippen LogP contribution is 2.39. The first-order chi connectivity index (χ1) is 19.0. The Balaban J connectivity index is 1.13. The van der Waals surface area contributed by atoms with Crippen LogP contribution in [0.3, 0.4) is 0 Å². The molecule has 1 unspecified atom stereocenters. The van der Waals surface area contributed by atoms with Gasteiger partial charge in [-0.1, -0.05) is 49.6 Å². The number of fused-ring (bicyclic) bond motifs is 2. The van der Waals surface area contributed by atoms with E-state index in [1.807, 2.05) is 0 Å². The number of nitriles is 1. The van der Waals surface area contributed by atoms with Crippen molar-refractivity contribution in [2.45, 2.75) is 76.6 Å². The number of nitrogens with zero attached hydrogens (tertiary/aromatic N) is 3. The topological polar surface area (TPSA) is 99.8 Å². The second-order valence-electron chi connectivity index (χ2n) is 11.5. The predicted octanol–water partition coefficient (Wildman–Crippen LogP) is 4.45. The lowest BCUT2D eigenvalue weighted by atomic mass is 9.49. The summed E-state index contributed by atoms with van der Waals surface area (Å²) in [4.78, 5) is 33.7. The van der Waals surface area contributed by atoms with E-state index >= 15 is 0 Å². The van der Waals surface area contributed by atoms with Crippen LogP contribution in [0.25, 0.3) is 0 Å². The lowest BCUT2D eigenvalue weighted by Crippen LogP contribution is -2.38. The number of aryl methyl sites for hydroxylation is 1. The first kappa shape index (κ1) is 25.9. The van der Waals surface area contributed by atoms with Crippen molar-refractivity contribution in [1.82, 2.24) is 14.9 Å². The van der Waals surface area contributed by atoms with Crippen molar-refractivity contribution in [2.24, 2.45) is 5.41 Å². The molecular weight excluding hydrogens is 505 g/mol. The summed E-state index contributed by atoms with van der Waals surface area (Å²) in [5, 5.41) is 15.7. The number of carbonyl (C=O) groups excluding carboxylic acids is 1. The van der Waals surface area contributed by atoms with Gasteiger partial charge in [0.15, 0.2) is 5.82 Å². The molecule has 0 bridgehead atoms. The number of nitrogens with one attached hydrogen (secondary N) is 2. The normalized spacial score (nSPS) is 19.3. The summed E-state index contributed by atoms with van der Waals surface area (Å²) < 4.78 is 1.65. The van der Waals surface area contributed by atoms with Gasteiger partial charge in [0, 0.05) is 34.2 Å². The summed E-state index contributed by atoms with van der Waals surface area (Å²) in [6.07, 6.45) is 11.6. The van der Waals surface area contributed by atoms with Gasteiger partial charge in [0.25, 0.3) is 12.3 Å². The number of anilines is 1. The number of rotatable bonds is 8. The van der Waals surface area contributed by atoms with Gasteiger partial charge in [-0.15, -0.1) is 11.3 Å². The zero-order valence-corrected chi connectivity index (χ0v) is 23.1. The van der Waals surface area contributed by atoms with Crippen LogP contribution in [0.15, 0.2) is 47.4 Å². The molecule has 2 aliphatic heterocycles. The molecule has 0 spiro atoms. The number of benzene rings is 1. The standard InChI is InChI=1S/C30H34BN5O2S/c32-20-31-15-22-13-24(39-26(22)16-31)18-34-28(37)25-10-9-23-17-33-27(29(38)36(23)25)35-19-30(11-5-2-6-12-30)14-21-7-3-1-4-8-21/h1,3-4,7-8,13,17,25H,2,5-6,9-12,14-16,18-19H2,(H,33,35)(H,34,37). The lowest BCUT2D eigenvalue weighted by Gasteiger charge is -2.38. The molecule has 39 heavy (non-hydrogen) atoms. The molecule has 1 aliphatic carbocycles. The molecular formula is C30H34BN5O2S. The van der Waals surface area contributed by atoms with Gasteiger partial charge in [-0.3, -0.25) is 14.2 Å². The van der Waals surface area contributed by atoms with Gasteiger partial charge in [-0.2, -0.15) is 0 Å². The Morgan fingerprint density at radius 2 is 2.03 bits per heavy atom. The fourth-order valence-electron chi connectivity index (χ4n) is 6.73. The Morgan fingerprint density at radius 1 is 1.21 bits per heavy atom. The second-order valence-corrected chi connectivity index (χ2v) is 12.7. The maximum Gasteiger partial charge on any atom is 0.294 e. The fourth-order valence-corrected chi connectivity index (χ4v) is 7.95. The molecule has 1 fully saturated rings. The van der Waals surface area contributed by atoms with E-state index in [2.05, 4.69) is 58.0 Å². The number of aromatic nitrogens is 2. The van der Waals surface area contributed by atoms with Gasteiger partial charge in [0.05, 0.1) is 6.54 Å². The minimum atomic E-state index is -0.515. The van der Waals surface area contributed by atoms with E-state index in [-0.39, 0.29) is 23.6 Å². The van der Waals surface area contributed by atoms with Gasteiger partial charge in [0.1, 0.15) is 6.04 Å². The van der Waals surface area contributed by atoms with Crippen molar-refractivity contribution in [2.75, 3.05) is 11.9 Å². The van der Waals surface area contributed by atoms with Crippen molar-refractivity contribution in [3.63, 3.8) is 0 Å². The first-order valence-electron chi connectivity index (χ1n) is 14.2. The summed E-state index contributed by atoms with van der Waals surface area (Å²) in [5.74, 6) is 2.58. The van der Waals surface area contributed by atoms with E-state index in [1.165, 1.54) is 35.3 Å². The van der Waals surface area contributed by atoms with Crippen LogP contribution in [0, 0.1) is 16.6 Å². The third-order valence-corrected chi connectivity index (χ3v) is 9.99. The first-order valence-corrected chi connectivity index (χ1v) is 15.0. The summed E-state index contributed by atoms with van der Waals surface area (Å²) in [5.41, 5.74) is 3.29. The molecule has 4 heterocycles. The van der Waals surface area contributed by atoms with Gasteiger partial charge in [0.2, 0.25) is 5.91 Å². The minimum Gasteiger partial charge on any atom is -0.365 e. The average Bonchev–Trinajstić information content (AvgIpc) is 3.66. The summed E-state index contributed by atoms with van der Waals surface area (Å²) >= 11 is 1.68. The molecule has 2 N–H and O–H groups in total. The highest BCUT2D eigenvalue weighted by atomic mass is 32.1. The highest BCUT2D eigenvalue weighted by Gasteiger charge is 2.34. The molecule has 1 aromatic carbocycles. The van der Waals surface area contributed by atoms with E-state index in [1.54, 1.807) is 22.1 Å². The maximum atomic E-state index is 13.6. The van der Waals surface area contributed by atoms with Crippen LogP contribution in [-0.4, -0.2) is 28.7 Å². The molecule has 7 nitrogen and oxygen atoms in total.